The molecule has 2 heterocycles. The van der Waals surface area contributed by atoms with Crippen LogP contribution in [0, 0.1) is 23.2 Å². The number of nitrogens with zero attached hydrogens (tertiary/aromatic N) is 2. The normalized spacial score (nSPS) is 25.6. The van der Waals surface area contributed by atoms with E-state index in [0.717, 1.165) is 57.2 Å². The van der Waals surface area contributed by atoms with Crippen LogP contribution < -0.4 is 5.32 Å². The number of hydrogen-bond donors (Lipinski definition) is 1. The second-order valence-electron chi connectivity index (χ2n) is 11.4. The molecule has 5 nitrogen and oxygen atoms in total. The number of carbonyl (C=O) groups excluding carboxylic acids is 2. The molecule has 3 fully saturated rings. The van der Waals surface area contributed by atoms with Crippen LogP contribution in [-0.4, -0.2) is 59.9 Å². The lowest BCUT2D eigenvalue weighted by Gasteiger charge is -2.42. The Hall–Kier alpha value is -1.10. The first-order valence-corrected chi connectivity index (χ1v) is 12.0. The Balaban J connectivity index is 1.66. The van der Waals surface area contributed by atoms with E-state index in [0.29, 0.717) is 12.5 Å². The number of amides is 2. The number of piperidine rings is 1. The van der Waals surface area contributed by atoms with Crippen molar-refractivity contribution in [2.24, 2.45) is 23.2 Å². The first-order valence-electron chi connectivity index (χ1n) is 12.0. The van der Waals surface area contributed by atoms with E-state index in [1.807, 2.05) is 4.90 Å². The second kappa shape index (κ2) is 9.36. The summed E-state index contributed by atoms with van der Waals surface area (Å²) in [5.41, 5.74) is 0.0879. The van der Waals surface area contributed by atoms with Gasteiger partial charge in [-0.3, -0.25) is 9.59 Å². The molecule has 0 aromatic rings. The van der Waals surface area contributed by atoms with E-state index < -0.39 is 0 Å². The molecular formula is C24H43N3O2. The van der Waals surface area contributed by atoms with Crippen molar-refractivity contribution >= 4 is 11.8 Å². The first-order chi connectivity index (χ1) is 13.6. The van der Waals surface area contributed by atoms with Gasteiger partial charge in [-0.1, -0.05) is 47.5 Å². The van der Waals surface area contributed by atoms with Crippen molar-refractivity contribution in [3.05, 3.63) is 0 Å². The second-order valence-corrected chi connectivity index (χ2v) is 11.4. The predicted molar refractivity (Wildman–Crippen MR) is 117 cm³/mol. The Kier molecular flexibility index (Phi) is 7.29. The predicted octanol–water partition coefficient (Wildman–Crippen LogP) is 3.68. The molecule has 5 heteroatoms. The molecule has 1 aliphatic carbocycles. The van der Waals surface area contributed by atoms with Crippen molar-refractivity contribution in [3.8, 4) is 0 Å². The van der Waals surface area contributed by atoms with Crippen molar-refractivity contribution in [2.75, 3.05) is 26.2 Å². The van der Waals surface area contributed by atoms with Gasteiger partial charge in [0.15, 0.2) is 0 Å². The number of rotatable bonds is 7. The fourth-order valence-electron chi connectivity index (χ4n) is 5.14. The minimum Gasteiger partial charge on any atom is -0.341 e. The van der Waals surface area contributed by atoms with Crippen molar-refractivity contribution < 1.29 is 9.59 Å². The minimum atomic E-state index is -0.249. The zero-order chi connectivity index (χ0) is 21.2. The quantitative estimate of drug-likeness (QED) is 0.703. The van der Waals surface area contributed by atoms with Gasteiger partial charge in [0.1, 0.15) is 6.04 Å². The summed E-state index contributed by atoms with van der Waals surface area (Å²) in [7, 11) is 0. The van der Waals surface area contributed by atoms with E-state index >= 15 is 0 Å². The highest BCUT2D eigenvalue weighted by Gasteiger charge is 2.42. The van der Waals surface area contributed by atoms with Crippen molar-refractivity contribution in [3.63, 3.8) is 0 Å². The van der Waals surface area contributed by atoms with Crippen LogP contribution in [0.2, 0.25) is 0 Å². The molecule has 1 saturated carbocycles. The molecule has 2 amide bonds. The molecule has 29 heavy (non-hydrogen) atoms. The number of nitrogens with one attached hydrogen (secondary N) is 1. The Morgan fingerprint density at radius 2 is 1.66 bits per heavy atom. The summed E-state index contributed by atoms with van der Waals surface area (Å²) in [5.74, 6) is 2.46. The highest BCUT2D eigenvalue weighted by molar-refractivity contribution is 5.90. The molecule has 0 aromatic carbocycles. The van der Waals surface area contributed by atoms with Crippen LogP contribution in [-0.2, 0) is 9.59 Å². The molecule has 3 rings (SSSR count). The van der Waals surface area contributed by atoms with Crippen LogP contribution in [0.5, 0.6) is 0 Å². The lowest BCUT2D eigenvalue weighted by atomic mass is 9.86. The van der Waals surface area contributed by atoms with Crippen molar-refractivity contribution in [2.45, 2.75) is 91.6 Å². The SMILES string of the molecule is CC(C)CC1CCN(C(=O)C(CC2CC2)N2CCN[C@@H](CC(C)(C)C)C2=O)CC1. The molecule has 0 spiro atoms. The van der Waals surface area contributed by atoms with Gasteiger partial charge in [-0.15, -0.1) is 0 Å². The van der Waals surface area contributed by atoms with Gasteiger partial charge in [0.25, 0.3) is 0 Å². The third-order valence-corrected chi connectivity index (χ3v) is 6.79. The van der Waals surface area contributed by atoms with Crippen LogP contribution in [0.1, 0.15) is 79.6 Å². The average Bonchev–Trinajstić information content (AvgIpc) is 3.44. The molecular weight excluding hydrogens is 362 g/mol. The molecule has 3 aliphatic rings. The third kappa shape index (κ3) is 6.44. The zero-order valence-corrected chi connectivity index (χ0v) is 19.4. The Morgan fingerprint density at radius 3 is 2.21 bits per heavy atom. The van der Waals surface area contributed by atoms with E-state index in [2.05, 4.69) is 44.8 Å². The number of hydrogen-bond acceptors (Lipinski definition) is 3. The monoisotopic (exact) mass is 405 g/mol. The van der Waals surface area contributed by atoms with Crippen LogP contribution in [0.3, 0.4) is 0 Å². The summed E-state index contributed by atoms with van der Waals surface area (Å²) in [6, 6.07) is -0.406. The van der Waals surface area contributed by atoms with E-state index in [1.54, 1.807) is 0 Å². The van der Waals surface area contributed by atoms with Crippen LogP contribution in [0.4, 0.5) is 0 Å². The molecule has 2 aliphatic heterocycles. The largest absolute Gasteiger partial charge is 0.341 e. The first kappa shape index (κ1) is 22.6. The average molecular weight is 406 g/mol. The molecule has 0 radical (unpaired) electrons. The summed E-state index contributed by atoms with van der Waals surface area (Å²) >= 11 is 0. The Labute approximate surface area is 178 Å². The Bertz CT molecular complexity index is 571. The highest BCUT2D eigenvalue weighted by Crippen LogP contribution is 2.36. The maximum absolute atomic E-state index is 13.5. The van der Waals surface area contributed by atoms with E-state index in [9.17, 15) is 9.59 Å². The number of likely N-dealkylation sites (tertiary alicyclic amines) is 1. The molecule has 2 saturated heterocycles. The standard InChI is InChI=1S/C24H43N3O2/c1-17(2)14-19-8-11-26(12-9-19)23(29)21(15-18-6-7-18)27-13-10-25-20(22(27)28)16-24(3,4)5/h17-21,25H,6-16H2,1-5H3/t20-,21?/m0/s1. The smallest absolute Gasteiger partial charge is 0.245 e. The molecule has 0 aromatic heterocycles. The van der Waals surface area contributed by atoms with E-state index in [4.69, 9.17) is 0 Å². The molecule has 0 bridgehead atoms. The zero-order valence-electron chi connectivity index (χ0n) is 19.4. The van der Waals surface area contributed by atoms with Crippen LogP contribution >= 0.6 is 0 Å². The fraction of sp³-hybridized carbons (Fsp3) is 0.917. The summed E-state index contributed by atoms with van der Waals surface area (Å²) in [5, 5.41) is 3.41. The van der Waals surface area contributed by atoms with Crippen molar-refractivity contribution in [1.29, 1.82) is 0 Å². The van der Waals surface area contributed by atoms with Gasteiger partial charge >= 0.3 is 0 Å². The highest BCUT2D eigenvalue weighted by atomic mass is 16.2. The Morgan fingerprint density at radius 1 is 1.03 bits per heavy atom. The molecule has 166 valence electrons. The summed E-state index contributed by atoms with van der Waals surface area (Å²) < 4.78 is 0. The van der Waals surface area contributed by atoms with Gasteiger partial charge in [-0.2, -0.15) is 0 Å². The van der Waals surface area contributed by atoms with E-state index in [1.165, 1.54) is 19.3 Å². The maximum atomic E-state index is 13.5. The van der Waals surface area contributed by atoms with E-state index in [-0.39, 0.29) is 29.3 Å². The van der Waals surface area contributed by atoms with Gasteiger partial charge < -0.3 is 15.1 Å². The molecule has 2 atom stereocenters. The third-order valence-electron chi connectivity index (χ3n) is 6.79. The van der Waals surface area contributed by atoms with Crippen LogP contribution in [0.25, 0.3) is 0 Å². The maximum Gasteiger partial charge on any atom is 0.245 e. The summed E-state index contributed by atoms with van der Waals surface area (Å²) in [6.45, 7) is 14.3. The van der Waals surface area contributed by atoms with Crippen LogP contribution in [0.15, 0.2) is 0 Å². The number of carbonyl (C=O) groups is 2. The number of piperazine rings is 1. The van der Waals surface area contributed by atoms with Gasteiger partial charge in [-0.05, 0) is 55.3 Å². The van der Waals surface area contributed by atoms with Gasteiger partial charge in [0.2, 0.25) is 11.8 Å². The van der Waals surface area contributed by atoms with Crippen molar-refractivity contribution in [1.82, 2.24) is 15.1 Å². The van der Waals surface area contributed by atoms with Gasteiger partial charge in [0, 0.05) is 26.2 Å². The molecule has 1 N–H and O–H groups in total. The van der Waals surface area contributed by atoms with Gasteiger partial charge in [-0.25, -0.2) is 0 Å². The minimum absolute atomic E-state index is 0.0879. The lowest BCUT2D eigenvalue weighted by Crippen LogP contribution is -2.62. The summed E-state index contributed by atoms with van der Waals surface area (Å²) in [6.07, 6.45) is 7.59. The summed E-state index contributed by atoms with van der Waals surface area (Å²) in [4.78, 5) is 30.8. The molecule has 1 unspecified atom stereocenters. The van der Waals surface area contributed by atoms with Gasteiger partial charge in [0.05, 0.1) is 6.04 Å². The fourth-order valence-corrected chi connectivity index (χ4v) is 5.14. The topological polar surface area (TPSA) is 52.7 Å². The lowest BCUT2D eigenvalue weighted by molar-refractivity contribution is -0.150.